The SMILES string of the molecule is CCOC(=O)[C@H]1C(=O)N(CCOC)c2nc3ccccc3n2[C@H]1c1cc(OC)c(O)c(OC)c1. The predicted octanol–water partition coefficient (Wildman–Crippen LogP) is 2.52. The molecule has 1 amide bonds. The highest BCUT2D eigenvalue weighted by Gasteiger charge is 2.48. The van der Waals surface area contributed by atoms with Crippen molar-refractivity contribution in [1.29, 1.82) is 0 Å². The Hall–Kier alpha value is -3.79. The second-order valence-corrected chi connectivity index (χ2v) is 7.70. The lowest BCUT2D eigenvalue weighted by Gasteiger charge is -2.38. The van der Waals surface area contributed by atoms with Gasteiger partial charge in [-0.05, 0) is 36.8 Å². The van der Waals surface area contributed by atoms with Crippen molar-refractivity contribution in [2.75, 3.05) is 46.0 Å². The average molecular weight is 469 g/mol. The molecule has 0 fully saturated rings. The number of hydrogen-bond acceptors (Lipinski definition) is 8. The summed E-state index contributed by atoms with van der Waals surface area (Å²) in [5.74, 6) is -1.81. The third-order valence-electron chi connectivity index (χ3n) is 5.85. The Bertz CT molecular complexity index is 1200. The zero-order chi connectivity index (χ0) is 24.4. The molecule has 0 saturated heterocycles. The van der Waals surface area contributed by atoms with E-state index in [1.165, 1.54) is 26.2 Å². The number of imidazole rings is 1. The topological polar surface area (TPSA) is 112 Å². The molecule has 10 heteroatoms. The molecule has 0 saturated carbocycles. The summed E-state index contributed by atoms with van der Waals surface area (Å²) in [6.07, 6.45) is 0. The van der Waals surface area contributed by atoms with Crippen LogP contribution in [-0.2, 0) is 19.1 Å². The highest BCUT2D eigenvalue weighted by Crippen LogP contribution is 2.45. The summed E-state index contributed by atoms with van der Waals surface area (Å²) in [6.45, 7) is 2.28. The number of rotatable bonds is 8. The largest absolute Gasteiger partial charge is 0.502 e. The number of ether oxygens (including phenoxy) is 4. The van der Waals surface area contributed by atoms with Crippen molar-refractivity contribution in [2.24, 2.45) is 5.92 Å². The van der Waals surface area contributed by atoms with Crippen molar-refractivity contribution < 1.29 is 33.6 Å². The Morgan fingerprint density at radius 2 is 1.79 bits per heavy atom. The number of carbonyl (C=O) groups excluding carboxylic acids is 2. The molecule has 4 rings (SSSR count). The van der Waals surface area contributed by atoms with Gasteiger partial charge in [0, 0.05) is 7.11 Å². The van der Waals surface area contributed by atoms with E-state index >= 15 is 0 Å². The van der Waals surface area contributed by atoms with E-state index in [1.54, 1.807) is 19.1 Å². The molecular weight excluding hydrogens is 442 g/mol. The molecule has 2 heterocycles. The number of amides is 1. The number of phenols is 1. The van der Waals surface area contributed by atoms with Crippen LogP contribution in [0.3, 0.4) is 0 Å². The number of carbonyl (C=O) groups is 2. The minimum absolute atomic E-state index is 0.118. The minimum atomic E-state index is -1.21. The number of aromatic nitrogens is 2. The van der Waals surface area contributed by atoms with Gasteiger partial charge in [-0.15, -0.1) is 0 Å². The molecule has 2 aromatic carbocycles. The van der Waals surface area contributed by atoms with Gasteiger partial charge in [0.25, 0.3) is 0 Å². The number of methoxy groups -OCH3 is 3. The summed E-state index contributed by atoms with van der Waals surface area (Å²) in [4.78, 5) is 33.1. The molecule has 0 spiro atoms. The Balaban J connectivity index is 2.03. The first-order valence-electron chi connectivity index (χ1n) is 10.9. The zero-order valence-corrected chi connectivity index (χ0v) is 19.5. The summed E-state index contributed by atoms with van der Waals surface area (Å²) >= 11 is 0. The van der Waals surface area contributed by atoms with Crippen LogP contribution < -0.4 is 14.4 Å². The number of esters is 1. The first-order valence-corrected chi connectivity index (χ1v) is 10.9. The lowest BCUT2D eigenvalue weighted by atomic mass is 9.89. The fourth-order valence-corrected chi connectivity index (χ4v) is 4.33. The van der Waals surface area contributed by atoms with E-state index in [4.69, 9.17) is 23.9 Å². The van der Waals surface area contributed by atoms with E-state index in [0.29, 0.717) is 17.0 Å². The first kappa shape index (κ1) is 23.4. The molecule has 0 unspecified atom stereocenters. The second-order valence-electron chi connectivity index (χ2n) is 7.70. The molecule has 34 heavy (non-hydrogen) atoms. The lowest BCUT2D eigenvalue weighted by molar-refractivity contribution is -0.153. The van der Waals surface area contributed by atoms with Gasteiger partial charge in [-0.25, -0.2) is 4.98 Å². The standard InChI is InChI=1S/C24H27N3O7/c1-5-34-23(30)19-20(14-12-17(32-3)21(28)18(13-14)33-4)27-16-9-7-6-8-15(16)25-24(27)26(22(19)29)10-11-31-2/h6-9,12-13,19-20,28H,5,10-11H2,1-4H3/t19-,20+/m1/s1. The van der Waals surface area contributed by atoms with Gasteiger partial charge in [-0.2, -0.15) is 0 Å². The van der Waals surface area contributed by atoms with Crippen molar-refractivity contribution in [1.82, 2.24) is 9.55 Å². The van der Waals surface area contributed by atoms with Crippen LogP contribution in [-0.4, -0.2) is 67.6 Å². The fraction of sp³-hybridized carbons (Fsp3) is 0.375. The maximum absolute atomic E-state index is 13.8. The molecule has 1 aliphatic heterocycles. The number of nitrogens with zero attached hydrogens (tertiary/aromatic N) is 3. The van der Waals surface area contributed by atoms with E-state index in [9.17, 15) is 14.7 Å². The van der Waals surface area contributed by atoms with E-state index in [-0.39, 0.29) is 37.0 Å². The summed E-state index contributed by atoms with van der Waals surface area (Å²) in [6, 6.07) is 9.79. The number of anilines is 1. The van der Waals surface area contributed by atoms with E-state index in [1.807, 2.05) is 28.8 Å². The van der Waals surface area contributed by atoms with Crippen molar-refractivity contribution in [3.05, 3.63) is 42.0 Å². The zero-order valence-electron chi connectivity index (χ0n) is 19.5. The Morgan fingerprint density at radius 1 is 1.12 bits per heavy atom. The monoisotopic (exact) mass is 469 g/mol. The van der Waals surface area contributed by atoms with Gasteiger partial charge in [-0.3, -0.25) is 14.5 Å². The molecule has 0 radical (unpaired) electrons. The third kappa shape index (κ3) is 3.79. The molecule has 0 bridgehead atoms. The van der Waals surface area contributed by atoms with Crippen LogP contribution in [0.1, 0.15) is 18.5 Å². The molecule has 10 nitrogen and oxygen atoms in total. The molecule has 2 atom stereocenters. The number of fused-ring (bicyclic) bond motifs is 3. The lowest BCUT2D eigenvalue weighted by Crippen LogP contribution is -2.51. The van der Waals surface area contributed by atoms with E-state index < -0.39 is 23.8 Å². The van der Waals surface area contributed by atoms with Gasteiger partial charge >= 0.3 is 5.97 Å². The van der Waals surface area contributed by atoms with Gasteiger partial charge in [0.1, 0.15) is 0 Å². The van der Waals surface area contributed by atoms with Crippen LogP contribution in [0.2, 0.25) is 0 Å². The van der Waals surface area contributed by atoms with Gasteiger partial charge in [-0.1, -0.05) is 12.1 Å². The molecule has 0 aliphatic carbocycles. The third-order valence-corrected chi connectivity index (χ3v) is 5.85. The van der Waals surface area contributed by atoms with Crippen LogP contribution in [0, 0.1) is 5.92 Å². The average Bonchev–Trinajstić information content (AvgIpc) is 3.22. The second kappa shape index (κ2) is 9.60. The normalized spacial score (nSPS) is 17.5. The van der Waals surface area contributed by atoms with Crippen LogP contribution >= 0.6 is 0 Å². The Kier molecular flexibility index (Phi) is 6.60. The van der Waals surface area contributed by atoms with Crippen molar-refractivity contribution in [3.63, 3.8) is 0 Å². The fourth-order valence-electron chi connectivity index (χ4n) is 4.33. The van der Waals surface area contributed by atoms with Crippen molar-refractivity contribution in [2.45, 2.75) is 13.0 Å². The quantitative estimate of drug-likeness (QED) is 0.396. The molecular formula is C24H27N3O7. The van der Waals surface area contributed by atoms with Crippen LogP contribution in [0.25, 0.3) is 11.0 Å². The van der Waals surface area contributed by atoms with Crippen LogP contribution in [0.5, 0.6) is 17.2 Å². The van der Waals surface area contributed by atoms with Crippen molar-refractivity contribution >= 4 is 28.9 Å². The number of aromatic hydroxyl groups is 1. The van der Waals surface area contributed by atoms with Gasteiger partial charge in [0.05, 0.1) is 51.1 Å². The van der Waals surface area contributed by atoms with Crippen molar-refractivity contribution in [3.8, 4) is 17.2 Å². The highest BCUT2D eigenvalue weighted by atomic mass is 16.5. The number of hydrogen-bond donors (Lipinski definition) is 1. The van der Waals surface area contributed by atoms with E-state index in [2.05, 4.69) is 0 Å². The van der Waals surface area contributed by atoms with Gasteiger partial charge < -0.3 is 28.6 Å². The van der Waals surface area contributed by atoms with Gasteiger partial charge in [0.2, 0.25) is 17.6 Å². The van der Waals surface area contributed by atoms with Gasteiger partial charge in [0.15, 0.2) is 17.4 Å². The Labute approximate surface area is 196 Å². The summed E-state index contributed by atoms with van der Waals surface area (Å²) in [5, 5.41) is 10.4. The molecule has 1 N–H and O–H groups in total. The predicted molar refractivity (Wildman–Crippen MR) is 123 cm³/mol. The summed E-state index contributed by atoms with van der Waals surface area (Å²) in [5.41, 5.74) is 1.92. The Morgan fingerprint density at radius 3 is 2.41 bits per heavy atom. The number of para-hydroxylation sites is 2. The smallest absolute Gasteiger partial charge is 0.321 e. The van der Waals surface area contributed by atoms with E-state index in [0.717, 1.165) is 5.52 Å². The molecule has 180 valence electrons. The summed E-state index contributed by atoms with van der Waals surface area (Å²) < 4.78 is 23.1. The minimum Gasteiger partial charge on any atom is -0.502 e. The number of phenolic OH excluding ortho intramolecular Hbond substituents is 1. The highest BCUT2D eigenvalue weighted by molar-refractivity contribution is 6.08. The maximum atomic E-state index is 13.8. The van der Waals surface area contributed by atoms with Crippen LogP contribution in [0.15, 0.2) is 36.4 Å². The molecule has 3 aromatic rings. The first-order chi connectivity index (χ1) is 16.5. The number of benzene rings is 2. The molecule has 1 aliphatic rings. The molecule has 1 aromatic heterocycles. The van der Waals surface area contributed by atoms with Crippen LogP contribution in [0.4, 0.5) is 5.95 Å². The maximum Gasteiger partial charge on any atom is 0.321 e. The summed E-state index contributed by atoms with van der Waals surface area (Å²) in [7, 11) is 4.37.